The van der Waals surface area contributed by atoms with Crippen molar-refractivity contribution < 1.29 is 13.7 Å². The highest BCUT2D eigenvalue weighted by atomic mass is 19.1. The van der Waals surface area contributed by atoms with Crippen LogP contribution in [0.3, 0.4) is 0 Å². The van der Waals surface area contributed by atoms with E-state index in [0.717, 1.165) is 49.2 Å². The fourth-order valence-electron chi connectivity index (χ4n) is 5.00. The number of halogens is 1. The zero-order chi connectivity index (χ0) is 23.3. The maximum atomic E-state index is 13.2. The highest BCUT2D eigenvalue weighted by Crippen LogP contribution is 2.31. The Kier molecular flexibility index (Phi) is 7.21. The maximum absolute atomic E-state index is 13.2. The van der Waals surface area contributed by atoms with Gasteiger partial charge in [-0.3, -0.25) is 4.90 Å². The molecule has 1 atom stereocenters. The summed E-state index contributed by atoms with van der Waals surface area (Å²) in [5.74, 6) is -0.210. The third-order valence-corrected chi connectivity index (χ3v) is 6.91. The van der Waals surface area contributed by atoms with E-state index >= 15 is 0 Å². The molecule has 1 heterocycles. The van der Waals surface area contributed by atoms with Crippen LogP contribution >= 0.6 is 0 Å². The second kappa shape index (κ2) is 10.3. The fraction of sp³-hybridized carbons (Fsp3) is 0.321. The number of piperidine rings is 1. The highest BCUT2D eigenvalue weighted by molar-refractivity contribution is 5.64. The van der Waals surface area contributed by atoms with Crippen LogP contribution in [-0.2, 0) is 19.6 Å². The van der Waals surface area contributed by atoms with Gasteiger partial charge in [0.15, 0.2) is 0 Å². The van der Waals surface area contributed by atoms with Gasteiger partial charge >= 0.3 is 6.03 Å². The van der Waals surface area contributed by atoms with Crippen LogP contribution in [0.25, 0.3) is 0 Å². The topological polar surface area (TPSA) is 46.3 Å². The Morgan fingerprint density at radius 1 is 0.879 bits per heavy atom. The zero-order valence-corrected chi connectivity index (χ0v) is 19.3. The first-order valence-electron chi connectivity index (χ1n) is 11.7. The van der Waals surface area contributed by atoms with Crippen molar-refractivity contribution in [3.63, 3.8) is 0 Å². The Bertz CT molecular complexity index is 1040. The van der Waals surface area contributed by atoms with Crippen molar-refractivity contribution in [3.05, 3.63) is 107 Å². The van der Waals surface area contributed by atoms with E-state index in [1.54, 1.807) is 0 Å². The molecule has 2 amide bonds. The molecule has 0 saturated carbocycles. The van der Waals surface area contributed by atoms with Gasteiger partial charge in [0.05, 0.1) is 0 Å². The van der Waals surface area contributed by atoms with Crippen LogP contribution in [0.15, 0.2) is 78.9 Å². The Morgan fingerprint density at radius 3 is 2.00 bits per heavy atom. The van der Waals surface area contributed by atoms with Gasteiger partial charge in [-0.1, -0.05) is 72.3 Å². The number of quaternary nitrogens is 1. The molecule has 0 aliphatic carbocycles. The van der Waals surface area contributed by atoms with E-state index in [-0.39, 0.29) is 22.4 Å². The molecule has 1 aliphatic heterocycles. The summed E-state index contributed by atoms with van der Waals surface area (Å²) in [7, 11) is 0. The van der Waals surface area contributed by atoms with Crippen LogP contribution in [0.2, 0.25) is 0 Å². The Hall–Kier alpha value is -3.02. The average Bonchev–Trinajstić information content (AvgIpc) is 2.82. The number of carbonyl (C=O) groups is 1. The predicted octanol–water partition coefficient (Wildman–Crippen LogP) is 5.39. The summed E-state index contributed by atoms with van der Waals surface area (Å²) < 4.78 is 13.5. The number of aryl methyl sites for hydroxylation is 1. The van der Waals surface area contributed by atoms with E-state index in [9.17, 15) is 9.18 Å². The monoisotopic (exact) mass is 446 g/mol. The van der Waals surface area contributed by atoms with Gasteiger partial charge in [0.2, 0.25) is 0 Å². The quantitative estimate of drug-likeness (QED) is 0.494. The number of urea groups is 1. The van der Waals surface area contributed by atoms with Gasteiger partial charge in [0, 0.05) is 43.6 Å². The van der Waals surface area contributed by atoms with Crippen molar-refractivity contribution in [1.82, 2.24) is 4.90 Å². The first kappa shape index (κ1) is 23.1. The number of primary amides is 1. The standard InChI is InChI=1S/C28H32FN3O/c1-22-7-9-25(10-8-22)21-32(28(30)33,20-24-5-3-2-4-6-24)27-15-17-31(18-16-27)19-23-11-13-26(29)14-12-23/h2-14,27H,15-21H2,1H3,(H-,30,33)/p+1. The van der Waals surface area contributed by atoms with Gasteiger partial charge in [-0.05, 0) is 24.6 Å². The van der Waals surface area contributed by atoms with Crippen LogP contribution in [-0.4, -0.2) is 34.5 Å². The Morgan fingerprint density at radius 2 is 1.42 bits per heavy atom. The molecular weight excluding hydrogens is 413 g/mol. The molecule has 1 unspecified atom stereocenters. The summed E-state index contributed by atoms with van der Waals surface area (Å²) in [5, 5.41) is 0. The lowest BCUT2D eigenvalue weighted by Crippen LogP contribution is -2.62. The first-order chi connectivity index (χ1) is 15.9. The number of hydrogen-bond acceptors (Lipinski definition) is 2. The number of benzene rings is 3. The van der Waals surface area contributed by atoms with Crippen molar-refractivity contribution in [1.29, 1.82) is 0 Å². The van der Waals surface area contributed by atoms with Crippen LogP contribution < -0.4 is 5.73 Å². The molecule has 1 aliphatic rings. The minimum Gasteiger partial charge on any atom is -0.319 e. The van der Waals surface area contributed by atoms with Crippen LogP contribution in [0.4, 0.5) is 9.18 Å². The van der Waals surface area contributed by atoms with E-state index in [4.69, 9.17) is 5.73 Å². The summed E-state index contributed by atoms with van der Waals surface area (Å²) in [6.07, 6.45) is 1.78. The van der Waals surface area contributed by atoms with Gasteiger partial charge in [-0.25, -0.2) is 13.7 Å². The number of carbonyl (C=O) groups excluding carboxylic acids is 1. The second-order valence-electron chi connectivity index (χ2n) is 9.29. The molecule has 1 saturated heterocycles. The van der Waals surface area contributed by atoms with E-state index in [1.165, 1.54) is 17.7 Å². The predicted molar refractivity (Wildman–Crippen MR) is 130 cm³/mol. The van der Waals surface area contributed by atoms with Crippen LogP contribution in [0.5, 0.6) is 0 Å². The number of rotatable bonds is 7. The molecule has 172 valence electrons. The molecule has 0 bridgehead atoms. The number of nitrogens with zero attached hydrogens (tertiary/aromatic N) is 2. The van der Waals surface area contributed by atoms with Crippen LogP contribution in [0, 0.1) is 12.7 Å². The highest BCUT2D eigenvalue weighted by Gasteiger charge is 2.44. The van der Waals surface area contributed by atoms with Crippen molar-refractivity contribution in [2.75, 3.05) is 13.1 Å². The molecule has 0 aromatic heterocycles. The SMILES string of the molecule is Cc1ccc(C[N+](Cc2ccccc2)(C(N)=O)C2CCN(Cc3ccc(F)cc3)CC2)cc1. The van der Waals surface area contributed by atoms with E-state index in [2.05, 4.69) is 48.2 Å². The molecule has 33 heavy (non-hydrogen) atoms. The van der Waals surface area contributed by atoms with Gasteiger partial charge in [0.1, 0.15) is 24.9 Å². The van der Waals surface area contributed by atoms with E-state index in [0.29, 0.717) is 13.1 Å². The summed E-state index contributed by atoms with van der Waals surface area (Å²) in [6.45, 7) is 5.82. The first-order valence-corrected chi connectivity index (χ1v) is 11.7. The van der Waals surface area contributed by atoms with E-state index in [1.807, 2.05) is 30.3 Å². The molecule has 1 fully saturated rings. The lowest BCUT2D eigenvalue weighted by molar-refractivity contribution is -0.902. The molecule has 0 radical (unpaired) electrons. The lowest BCUT2D eigenvalue weighted by atomic mass is 9.97. The molecule has 5 heteroatoms. The molecule has 3 aromatic rings. The van der Waals surface area contributed by atoms with Gasteiger partial charge in [-0.15, -0.1) is 0 Å². The van der Waals surface area contributed by atoms with Crippen molar-refractivity contribution in [2.24, 2.45) is 5.73 Å². The molecule has 4 nitrogen and oxygen atoms in total. The molecular formula is C28H33FN3O+. The summed E-state index contributed by atoms with van der Waals surface area (Å²) in [5.41, 5.74) is 10.7. The zero-order valence-electron chi connectivity index (χ0n) is 19.3. The van der Waals surface area contributed by atoms with Crippen LogP contribution in [0.1, 0.15) is 35.1 Å². The Labute approximate surface area is 196 Å². The average molecular weight is 447 g/mol. The van der Waals surface area contributed by atoms with Crippen molar-refractivity contribution >= 4 is 6.03 Å². The largest absolute Gasteiger partial charge is 0.414 e. The van der Waals surface area contributed by atoms with Gasteiger partial charge in [-0.2, -0.15) is 0 Å². The number of hydrogen-bond donors (Lipinski definition) is 1. The minimum absolute atomic E-state index is 0.147. The Balaban J connectivity index is 1.55. The normalized spacial score (nSPS) is 16.9. The number of nitrogens with two attached hydrogens (primary N) is 1. The summed E-state index contributed by atoms with van der Waals surface area (Å²) in [4.78, 5) is 15.5. The summed E-state index contributed by atoms with van der Waals surface area (Å²) in [6, 6.07) is 25.2. The third kappa shape index (κ3) is 5.67. The lowest BCUT2D eigenvalue weighted by Gasteiger charge is -2.44. The molecule has 2 N–H and O–H groups in total. The van der Waals surface area contributed by atoms with Gasteiger partial charge < -0.3 is 5.73 Å². The van der Waals surface area contributed by atoms with E-state index < -0.39 is 0 Å². The smallest absolute Gasteiger partial charge is 0.319 e. The second-order valence-corrected chi connectivity index (χ2v) is 9.29. The fourth-order valence-corrected chi connectivity index (χ4v) is 5.00. The van der Waals surface area contributed by atoms with Crippen molar-refractivity contribution in [3.8, 4) is 0 Å². The van der Waals surface area contributed by atoms with Gasteiger partial charge in [0.25, 0.3) is 0 Å². The number of amides is 2. The maximum Gasteiger partial charge on any atom is 0.414 e. The minimum atomic E-state index is -0.267. The molecule has 4 rings (SSSR count). The molecule has 3 aromatic carbocycles. The van der Waals surface area contributed by atoms with Crippen molar-refractivity contribution in [2.45, 2.75) is 45.4 Å². The third-order valence-electron chi connectivity index (χ3n) is 6.91. The molecule has 0 spiro atoms. The summed E-state index contributed by atoms with van der Waals surface area (Å²) >= 11 is 0. The number of likely N-dealkylation sites (tertiary alicyclic amines) is 1.